The van der Waals surface area contributed by atoms with Crippen LogP contribution in [0.1, 0.15) is 44.3 Å². The van der Waals surface area contributed by atoms with E-state index in [-0.39, 0.29) is 11.9 Å². The van der Waals surface area contributed by atoms with Crippen LogP contribution in [-0.4, -0.2) is 29.4 Å². The lowest BCUT2D eigenvalue weighted by Gasteiger charge is -2.26. The van der Waals surface area contributed by atoms with Gasteiger partial charge in [-0.2, -0.15) is 0 Å². The van der Waals surface area contributed by atoms with Gasteiger partial charge in [-0.15, -0.1) is 0 Å². The van der Waals surface area contributed by atoms with Crippen molar-refractivity contribution in [1.29, 1.82) is 0 Å². The highest BCUT2D eigenvalue weighted by atomic mass is 16.3. The van der Waals surface area contributed by atoms with Crippen LogP contribution in [0.3, 0.4) is 0 Å². The summed E-state index contributed by atoms with van der Waals surface area (Å²) in [7, 11) is 0. The molecular weight excluding hydrogens is 258 g/mol. The maximum Gasteiger partial charge on any atom is 0.312 e. The highest BCUT2D eigenvalue weighted by Gasteiger charge is 2.34. The number of carbonyl (C=O) groups excluding carboxylic acids is 2. The van der Waals surface area contributed by atoms with E-state index >= 15 is 0 Å². The Hall–Kier alpha value is -1.98. The fourth-order valence-corrected chi connectivity index (χ4v) is 2.61. The Bertz CT molecular complexity index is 498. The molecule has 1 saturated heterocycles. The standard InChI is InChI=1S/C14H21N3O3/c1-3-10-6-7-12(20-10)11-5-4-8-17(11)13(18)9(2)16-14(15)19/h6-7,9,11H,3-5,8H2,1-2H3,(H3,15,16,19). The Morgan fingerprint density at radius 2 is 2.30 bits per heavy atom. The smallest absolute Gasteiger partial charge is 0.312 e. The molecule has 2 heterocycles. The van der Waals surface area contributed by atoms with Gasteiger partial charge in [-0.05, 0) is 31.9 Å². The molecule has 0 saturated carbocycles. The minimum atomic E-state index is -0.687. The number of hydrogen-bond donors (Lipinski definition) is 2. The molecule has 0 spiro atoms. The van der Waals surface area contributed by atoms with Gasteiger partial charge in [0.2, 0.25) is 5.91 Å². The van der Waals surface area contributed by atoms with Gasteiger partial charge in [0.25, 0.3) is 0 Å². The van der Waals surface area contributed by atoms with Crippen molar-refractivity contribution in [1.82, 2.24) is 10.2 Å². The Morgan fingerprint density at radius 1 is 1.55 bits per heavy atom. The summed E-state index contributed by atoms with van der Waals surface area (Å²) in [6.45, 7) is 4.34. The number of aryl methyl sites for hydroxylation is 1. The molecule has 1 aliphatic heterocycles. The maximum absolute atomic E-state index is 12.4. The number of amides is 3. The van der Waals surface area contributed by atoms with Crippen molar-refractivity contribution in [2.75, 3.05) is 6.54 Å². The molecule has 1 aromatic rings. The lowest BCUT2D eigenvalue weighted by molar-refractivity contribution is -0.134. The van der Waals surface area contributed by atoms with Crippen LogP contribution in [0.4, 0.5) is 4.79 Å². The number of urea groups is 1. The van der Waals surface area contributed by atoms with Crippen LogP contribution >= 0.6 is 0 Å². The third kappa shape index (κ3) is 2.95. The maximum atomic E-state index is 12.4. The molecule has 2 atom stereocenters. The second-order valence-electron chi connectivity index (χ2n) is 5.08. The van der Waals surface area contributed by atoms with Crippen LogP contribution in [0.15, 0.2) is 16.5 Å². The number of likely N-dealkylation sites (tertiary alicyclic amines) is 1. The molecule has 0 bridgehead atoms. The summed E-state index contributed by atoms with van der Waals surface area (Å²) in [5, 5.41) is 2.42. The highest BCUT2D eigenvalue weighted by molar-refractivity contribution is 5.86. The summed E-state index contributed by atoms with van der Waals surface area (Å²) < 4.78 is 5.75. The first kappa shape index (κ1) is 14.4. The van der Waals surface area contributed by atoms with Crippen molar-refractivity contribution in [3.05, 3.63) is 23.7 Å². The van der Waals surface area contributed by atoms with Crippen LogP contribution in [0.2, 0.25) is 0 Å². The van der Waals surface area contributed by atoms with Crippen LogP contribution < -0.4 is 11.1 Å². The number of hydrogen-bond acceptors (Lipinski definition) is 3. The molecule has 1 fully saturated rings. The fourth-order valence-electron chi connectivity index (χ4n) is 2.61. The van der Waals surface area contributed by atoms with Crippen molar-refractivity contribution in [2.24, 2.45) is 5.73 Å². The van der Waals surface area contributed by atoms with E-state index in [0.717, 1.165) is 30.8 Å². The second kappa shape index (κ2) is 5.98. The van der Waals surface area contributed by atoms with Gasteiger partial charge < -0.3 is 20.4 Å². The molecule has 1 aliphatic rings. The average Bonchev–Trinajstić information content (AvgIpc) is 3.05. The summed E-state index contributed by atoms with van der Waals surface area (Å²) in [4.78, 5) is 25.0. The average molecular weight is 279 g/mol. The van der Waals surface area contributed by atoms with Crippen LogP contribution in [0, 0.1) is 0 Å². The predicted molar refractivity (Wildman–Crippen MR) is 74.0 cm³/mol. The Kier molecular flexibility index (Phi) is 4.32. The van der Waals surface area contributed by atoms with Crippen molar-refractivity contribution < 1.29 is 14.0 Å². The van der Waals surface area contributed by atoms with E-state index in [4.69, 9.17) is 10.2 Å². The van der Waals surface area contributed by atoms with Gasteiger partial charge >= 0.3 is 6.03 Å². The number of nitrogens with two attached hydrogens (primary N) is 1. The third-order valence-electron chi connectivity index (χ3n) is 3.62. The van der Waals surface area contributed by atoms with E-state index in [9.17, 15) is 9.59 Å². The summed E-state index contributed by atoms with van der Waals surface area (Å²) in [5.41, 5.74) is 5.06. The zero-order valence-electron chi connectivity index (χ0n) is 11.9. The van der Waals surface area contributed by atoms with Gasteiger partial charge in [-0.3, -0.25) is 4.79 Å². The van der Waals surface area contributed by atoms with E-state index in [0.29, 0.717) is 6.54 Å². The summed E-state index contributed by atoms with van der Waals surface area (Å²) in [5.74, 6) is 1.61. The highest BCUT2D eigenvalue weighted by Crippen LogP contribution is 2.33. The van der Waals surface area contributed by atoms with Crippen LogP contribution in [-0.2, 0) is 11.2 Å². The number of nitrogens with zero attached hydrogens (tertiary/aromatic N) is 1. The van der Waals surface area contributed by atoms with Crippen molar-refractivity contribution in [3.8, 4) is 0 Å². The molecule has 3 amide bonds. The van der Waals surface area contributed by atoms with E-state index < -0.39 is 12.1 Å². The molecule has 1 aromatic heterocycles. The first-order chi connectivity index (χ1) is 9.52. The molecule has 6 nitrogen and oxygen atoms in total. The molecule has 2 rings (SSSR count). The minimum absolute atomic E-state index is 0.0417. The first-order valence-corrected chi connectivity index (χ1v) is 6.98. The van der Waals surface area contributed by atoms with Crippen molar-refractivity contribution >= 4 is 11.9 Å². The van der Waals surface area contributed by atoms with Gasteiger partial charge in [-0.25, -0.2) is 4.79 Å². The molecule has 20 heavy (non-hydrogen) atoms. The van der Waals surface area contributed by atoms with Gasteiger partial charge in [0.15, 0.2) is 0 Å². The van der Waals surface area contributed by atoms with Gasteiger partial charge in [-0.1, -0.05) is 6.92 Å². The van der Waals surface area contributed by atoms with Crippen LogP contribution in [0.5, 0.6) is 0 Å². The molecule has 0 radical (unpaired) electrons. The SMILES string of the molecule is CCc1ccc(C2CCCN2C(=O)C(C)NC(N)=O)o1. The second-order valence-corrected chi connectivity index (χ2v) is 5.08. The van der Waals surface area contributed by atoms with E-state index in [1.807, 2.05) is 19.1 Å². The van der Waals surface area contributed by atoms with E-state index in [1.54, 1.807) is 11.8 Å². The number of nitrogens with one attached hydrogen (secondary N) is 1. The fraction of sp³-hybridized carbons (Fsp3) is 0.571. The zero-order chi connectivity index (χ0) is 14.7. The molecule has 0 aliphatic carbocycles. The molecule has 3 N–H and O–H groups in total. The van der Waals surface area contributed by atoms with Gasteiger partial charge in [0.1, 0.15) is 17.6 Å². The summed E-state index contributed by atoms with van der Waals surface area (Å²) in [6.07, 6.45) is 2.65. The Morgan fingerprint density at radius 3 is 2.90 bits per heavy atom. The molecule has 2 unspecified atom stereocenters. The third-order valence-corrected chi connectivity index (χ3v) is 3.62. The normalized spacial score (nSPS) is 19.9. The quantitative estimate of drug-likeness (QED) is 0.876. The van der Waals surface area contributed by atoms with Crippen molar-refractivity contribution in [3.63, 3.8) is 0 Å². The molecular formula is C14H21N3O3. The number of carbonyl (C=O) groups is 2. The Labute approximate surface area is 118 Å². The molecule has 6 heteroatoms. The first-order valence-electron chi connectivity index (χ1n) is 6.98. The van der Waals surface area contributed by atoms with Crippen LogP contribution in [0.25, 0.3) is 0 Å². The lowest BCUT2D eigenvalue weighted by atomic mass is 10.1. The lowest BCUT2D eigenvalue weighted by Crippen LogP contribution is -2.48. The number of furan rings is 1. The van der Waals surface area contributed by atoms with E-state index in [2.05, 4.69) is 5.32 Å². The van der Waals surface area contributed by atoms with Gasteiger partial charge in [0, 0.05) is 13.0 Å². The topological polar surface area (TPSA) is 88.6 Å². The summed E-state index contributed by atoms with van der Waals surface area (Å²) in [6, 6.07) is 2.53. The largest absolute Gasteiger partial charge is 0.464 e. The van der Waals surface area contributed by atoms with Gasteiger partial charge in [0.05, 0.1) is 6.04 Å². The number of primary amides is 1. The zero-order valence-corrected chi connectivity index (χ0v) is 11.9. The predicted octanol–water partition coefficient (Wildman–Crippen LogP) is 1.56. The molecule has 0 aromatic carbocycles. The minimum Gasteiger partial charge on any atom is -0.464 e. The number of rotatable bonds is 4. The van der Waals surface area contributed by atoms with E-state index in [1.165, 1.54) is 0 Å². The monoisotopic (exact) mass is 279 g/mol. The van der Waals surface area contributed by atoms with Crippen molar-refractivity contribution in [2.45, 2.75) is 45.2 Å². The molecule has 110 valence electrons. The Balaban J connectivity index is 2.10. The summed E-state index contributed by atoms with van der Waals surface area (Å²) >= 11 is 0.